The lowest BCUT2D eigenvalue weighted by Gasteiger charge is -2.42. The Kier molecular flexibility index (Phi) is 5.02. The quantitative estimate of drug-likeness (QED) is 0.383. The van der Waals surface area contributed by atoms with Gasteiger partial charge < -0.3 is 39.7 Å². The maximum absolute atomic E-state index is 10.0. The molecule has 1 fully saturated rings. The Balaban J connectivity index is 1.72. The van der Waals surface area contributed by atoms with Crippen molar-refractivity contribution in [1.29, 1.82) is 0 Å². The van der Waals surface area contributed by atoms with Crippen molar-refractivity contribution in [3.8, 4) is 0 Å². The molecule has 2 heterocycles. The lowest BCUT2D eigenvalue weighted by atomic mass is 9.89. The second-order valence-corrected chi connectivity index (χ2v) is 6.03. The zero-order chi connectivity index (χ0) is 16.6. The first-order valence-electron chi connectivity index (χ1n) is 7.64. The van der Waals surface area contributed by atoms with E-state index in [2.05, 4.69) is 0 Å². The first kappa shape index (κ1) is 16.8. The highest BCUT2D eigenvalue weighted by molar-refractivity contribution is 5.21. The van der Waals surface area contributed by atoms with Gasteiger partial charge in [-0.3, -0.25) is 0 Å². The number of allylic oxidation sites excluding steroid dienone is 2. The van der Waals surface area contributed by atoms with E-state index in [4.69, 9.17) is 14.2 Å². The number of aliphatic hydroxyl groups excluding tert-OH is 5. The first-order valence-corrected chi connectivity index (χ1v) is 7.64. The molecule has 0 unspecified atom stereocenters. The molecule has 0 bridgehead atoms. The van der Waals surface area contributed by atoms with Crippen LogP contribution in [0.5, 0.6) is 0 Å². The van der Waals surface area contributed by atoms with E-state index in [1.807, 2.05) is 12.2 Å². The monoisotopic (exact) mass is 330 g/mol. The molecule has 23 heavy (non-hydrogen) atoms. The van der Waals surface area contributed by atoms with Crippen LogP contribution in [-0.4, -0.2) is 75.7 Å². The number of hydrogen-bond donors (Lipinski definition) is 5. The molecule has 0 aromatic carbocycles. The summed E-state index contributed by atoms with van der Waals surface area (Å²) in [7, 11) is 0. The second kappa shape index (κ2) is 6.86. The molecule has 0 aromatic heterocycles. The Morgan fingerprint density at radius 1 is 1.09 bits per heavy atom. The largest absolute Gasteiger partial charge is 0.472 e. The van der Waals surface area contributed by atoms with Crippen LogP contribution < -0.4 is 0 Å². The van der Waals surface area contributed by atoms with Crippen molar-refractivity contribution in [2.75, 3.05) is 13.2 Å². The number of rotatable bonds is 4. The fraction of sp³-hybridized carbons (Fsp3) is 0.733. The highest BCUT2D eigenvalue weighted by Gasteiger charge is 2.47. The topological polar surface area (TPSA) is 129 Å². The summed E-state index contributed by atoms with van der Waals surface area (Å²) >= 11 is 0. The molecule has 5 N–H and O–H groups in total. The standard InChI is InChI=1S/C15H22O8/c16-5-8-2-1-7-3-4-21-14(10(7)8)23-15-13(20)12(19)11(18)9(6-17)22-15/h2-4,7,9-20H,1,5-6H2/t7-,9-,10+,11-,12+,13-,14+,15+/m1/s1. The lowest BCUT2D eigenvalue weighted by Crippen LogP contribution is -2.60. The van der Waals surface area contributed by atoms with Gasteiger partial charge in [0.05, 0.1) is 25.4 Å². The summed E-state index contributed by atoms with van der Waals surface area (Å²) < 4.78 is 16.4. The average Bonchev–Trinajstić information content (AvgIpc) is 2.99. The van der Waals surface area contributed by atoms with Gasteiger partial charge in [-0.25, -0.2) is 0 Å². The summed E-state index contributed by atoms with van der Waals surface area (Å²) in [6.07, 6.45) is -1.44. The third-order valence-corrected chi connectivity index (χ3v) is 4.67. The molecule has 0 saturated carbocycles. The molecule has 0 aromatic rings. The van der Waals surface area contributed by atoms with Gasteiger partial charge in [0.1, 0.15) is 24.4 Å². The first-order chi connectivity index (χ1) is 11.1. The van der Waals surface area contributed by atoms with Crippen LogP contribution in [0.15, 0.2) is 24.0 Å². The minimum absolute atomic E-state index is 0.118. The maximum atomic E-state index is 10.0. The van der Waals surface area contributed by atoms with Crippen LogP contribution in [-0.2, 0) is 14.2 Å². The fourth-order valence-electron chi connectivity index (χ4n) is 3.33. The van der Waals surface area contributed by atoms with Gasteiger partial charge in [0.25, 0.3) is 0 Å². The summed E-state index contributed by atoms with van der Waals surface area (Å²) in [5.41, 5.74) is 0.786. The Labute approximate surface area is 133 Å². The van der Waals surface area contributed by atoms with E-state index in [9.17, 15) is 25.5 Å². The SMILES string of the molecule is OCC1=CC[C@@H]2C=CO[C@@H](O[C@@H]3O[C@H](CO)[C@@H](O)[C@H](O)[C@H]3O)[C@H]12. The summed E-state index contributed by atoms with van der Waals surface area (Å²) in [6, 6.07) is 0. The Bertz CT molecular complexity index is 476. The van der Waals surface area contributed by atoms with Crippen LogP contribution in [0.4, 0.5) is 0 Å². The van der Waals surface area contributed by atoms with E-state index in [1.54, 1.807) is 0 Å². The molecule has 8 heteroatoms. The number of aliphatic hydroxyl groups is 5. The number of hydrogen-bond acceptors (Lipinski definition) is 8. The number of fused-ring (bicyclic) bond motifs is 1. The molecule has 3 rings (SSSR count). The molecule has 8 atom stereocenters. The van der Waals surface area contributed by atoms with Gasteiger partial charge in [0.2, 0.25) is 6.29 Å². The van der Waals surface area contributed by atoms with Gasteiger partial charge in [0.15, 0.2) is 6.29 Å². The summed E-state index contributed by atoms with van der Waals surface area (Å²) in [5, 5.41) is 48.3. The van der Waals surface area contributed by atoms with Gasteiger partial charge in [-0.1, -0.05) is 6.08 Å². The van der Waals surface area contributed by atoms with Crippen molar-refractivity contribution < 1.29 is 39.7 Å². The van der Waals surface area contributed by atoms with E-state index in [1.165, 1.54) is 6.26 Å². The van der Waals surface area contributed by atoms with Gasteiger partial charge in [-0.2, -0.15) is 0 Å². The van der Waals surface area contributed by atoms with Gasteiger partial charge >= 0.3 is 0 Å². The molecule has 1 aliphatic carbocycles. The average molecular weight is 330 g/mol. The van der Waals surface area contributed by atoms with Crippen LogP contribution in [0.3, 0.4) is 0 Å². The van der Waals surface area contributed by atoms with Crippen molar-refractivity contribution in [2.45, 2.75) is 43.4 Å². The molecule has 0 amide bonds. The Morgan fingerprint density at radius 3 is 2.57 bits per heavy atom. The van der Waals surface area contributed by atoms with Crippen molar-refractivity contribution in [1.82, 2.24) is 0 Å². The van der Waals surface area contributed by atoms with Crippen molar-refractivity contribution in [3.63, 3.8) is 0 Å². The zero-order valence-corrected chi connectivity index (χ0v) is 12.4. The van der Waals surface area contributed by atoms with Gasteiger partial charge in [-0.05, 0) is 24.0 Å². The minimum Gasteiger partial charge on any atom is -0.472 e. The molecule has 8 nitrogen and oxygen atoms in total. The van der Waals surface area contributed by atoms with Gasteiger partial charge in [0, 0.05) is 0 Å². The highest BCUT2D eigenvalue weighted by Crippen LogP contribution is 2.40. The van der Waals surface area contributed by atoms with Crippen LogP contribution in [0.25, 0.3) is 0 Å². The molecule has 3 aliphatic rings. The molecule has 2 aliphatic heterocycles. The van der Waals surface area contributed by atoms with Crippen molar-refractivity contribution >= 4 is 0 Å². The number of ether oxygens (including phenoxy) is 3. The fourth-order valence-corrected chi connectivity index (χ4v) is 3.33. The highest BCUT2D eigenvalue weighted by atomic mass is 16.8. The zero-order valence-electron chi connectivity index (χ0n) is 12.4. The summed E-state index contributed by atoms with van der Waals surface area (Å²) in [4.78, 5) is 0. The van der Waals surface area contributed by atoms with Crippen molar-refractivity contribution in [2.24, 2.45) is 11.8 Å². The van der Waals surface area contributed by atoms with Crippen LogP contribution >= 0.6 is 0 Å². The molecule has 0 radical (unpaired) electrons. The normalized spacial score (nSPS) is 46.2. The Morgan fingerprint density at radius 2 is 1.87 bits per heavy atom. The van der Waals surface area contributed by atoms with Crippen LogP contribution in [0.2, 0.25) is 0 Å². The third-order valence-electron chi connectivity index (χ3n) is 4.67. The summed E-state index contributed by atoms with van der Waals surface area (Å²) in [6.45, 7) is -0.642. The predicted octanol–water partition coefficient (Wildman–Crippen LogP) is -1.77. The summed E-state index contributed by atoms with van der Waals surface area (Å²) in [5.74, 6) is -0.0850. The third kappa shape index (κ3) is 3.03. The van der Waals surface area contributed by atoms with Crippen LogP contribution in [0.1, 0.15) is 6.42 Å². The van der Waals surface area contributed by atoms with E-state index in [0.29, 0.717) is 0 Å². The van der Waals surface area contributed by atoms with Crippen molar-refractivity contribution in [3.05, 3.63) is 24.0 Å². The van der Waals surface area contributed by atoms with E-state index in [0.717, 1.165) is 12.0 Å². The molecule has 130 valence electrons. The second-order valence-electron chi connectivity index (χ2n) is 6.03. The molecular formula is C15H22O8. The minimum atomic E-state index is -1.50. The smallest absolute Gasteiger partial charge is 0.208 e. The maximum Gasteiger partial charge on any atom is 0.208 e. The molecule has 0 spiro atoms. The molecule has 1 saturated heterocycles. The van der Waals surface area contributed by atoms with E-state index in [-0.39, 0.29) is 18.4 Å². The van der Waals surface area contributed by atoms with Gasteiger partial charge in [-0.15, -0.1) is 0 Å². The predicted molar refractivity (Wildman–Crippen MR) is 75.6 cm³/mol. The van der Waals surface area contributed by atoms with E-state index < -0.39 is 43.6 Å². The van der Waals surface area contributed by atoms with E-state index >= 15 is 0 Å². The lowest BCUT2D eigenvalue weighted by molar-refractivity contribution is -0.339. The Hall–Kier alpha value is -1.00. The molecular weight excluding hydrogens is 308 g/mol. The van der Waals surface area contributed by atoms with Crippen LogP contribution in [0, 0.1) is 11.8 Å².